The van der Waals surface area contributed by atoms with Gasteiger partial charge in [0.25, 0.3) is 0 Å². The molecule has 25 heavy (non-hydrogen) atoms. The van der Waals surface area contributed by atoms with E-state index >= 15 is 0 Å². The summed E-state index contributed by atoms with van der Waals surface area (Å²) in [6.45, 7) is 2.66. The van der Waals surface area contributed by atoms with E-state index in [2.05, 4.69) is 5.32 Å². The first-order chi connectivity index (χ1) is 12.2. The largest absolute Gasteiger partial charge is 0.491 e. The Labute approximate surface area is 145 Å². The molecule has 2 amide bonds. The lowest BCUT2D eigenvalue weighted by Gasteiger charge is -2.32. The molecule has 1 aromatic heterocycles. The monoisotopic (exact) mass is 348 g/mol. The summed E-state index contributed by atoms with van der Waals surface area (Å²) in [5.41, 5.74) is 0.596. The minimum atomic E-state index is -0.558. The van der Waals surface area contributed by atoms with Crippen molar-refractivity contribution in [2.24, 2.45) is 0 Å². The van der Waals surface area contributed by atoms with Crippen LogP contribution < -0.4 is 10.1 Å². The van der Waals surface area contributed by atoms with Crippen LogP contribution in [0.5, 0.6) is 5.75 Å². The van der Waals surface area contributed by atoms with Crippen molar-refractivity contribution >= 4 is 11.7 Å². The van der Waals surface area contributed by atoms with Crippen LogP contribution in [-0.4, -0.2) is 43.9 Å². The van der Waals surface area contributed by atoms with Crippen LogP contribution in [0, 0.1) is 6.92 Å². The second kappa shape index (κ2) is 8.02. The normalized spacial score (nSPS) is 17.4. The third-order valence-corrected chi connectivity index (χ3v) is 3.86. The zero-order valence-corrected chi connectivity index (χ0v) is 14.0. The fraction of sp³-hybridized carbons (Fsp3) is 0.389. The summed E-state index contributed by atoms with van der Waals surface area (Å²) in [7, 11) is 0. The summed E-state index contributed by atoms with van der Waals surface area (Å²) in [6, 6.07) is 10.4. The first-order valence-electron chi connectivity index (χ1n) is 8.18. The molecule has 1 aliphatic heterocycles. The first kappa shape index (κ1) is 17.3. The standard InChI is InChI=1S/C18H21FN2O4/c1-13-5-6-16(25-13)17-12-21(8-10-24-17)18(22)20-14-3-2-4-15(11-14)23-9-7-19/h2-6,11,17H,7-10,12H2,1H3,(H,20,22)/t17-/m0/s1. The minimum Gasteiger partial charge on any atom is -0.491 e. The summed E-state index contributed by atoms with van der Waals surface area (Å²) in [5, 5.41) is 2.83. The van der Waals surface area contributed by atoms with Gasteiger partial charge in [0.05, 0.1) is 13.2 Å². The van der Waals surface area contributed by atoms with Gasteiger partial charge in [0.1, 0.15) is 36.7 Å². The maximum atomic E-state index is 12.5. The Morgan fingerprint density at radius 2 is 2.28 bits per heavy atom. The zero-order chi connectivity index (χ0) is 17.6. The smallest absolute Gasteiger partial charge is 0.322 e. The van der Waals surface area contributed by atoms with E-state index in [1.165, 1.54) is 0 Å². The van der Waals surface area contributed by atoms with Crippen LogP contribution in [0.2, 0.25) is 0 Å². The van der Waals surface area contributed by atoms with E-state index in [-0.39, 0.29) is 18.7 Å². The third kappa shape index (κ3) is 4.51. The SMILES string of the molecule is Cc1ccc([C@@H]2CN(C(=O)Nc3cccc(OCCF)c3)CCO2)o1. The number of furan rings is 1. The molecular weight excluding hydrogens is 327 g/mol. The van der Waals surface area contributed by atoms with Crippen LogP contribution in [0.3, 0.4) is 0 Å². The molecule has 1 aliphatic rings. The Morgan fingerprint density at radius 1 is 1.40 bits per heavy atom. The van der Waals surface area contributed by atoms with Gasteiger partial charge in [-0.15, -0.1) is 0 Å². The molecule has 6 nitrogen and oxygen atoms in total. The van der Waals surface area contributed by atoms with Gasteiger partial charge in [0.2, 0.25) is 0 Å². The van der Waals surface area contributed by atoms with Crippen LogP contribution in [0.4, 0.5) is 14.9 Å². The third-order valence-electron chi connectivity index (χ3n) is 3.86. The molecule has 2 heterocycles. The van der Waals surface area contributed by atoms with E-state index in [0.717, 1.165) is 11.5 Å². The first-order valence-corrected chi connectivity index (χ1v) is 8.18. The Kier molecular flexibility index (Phi) is 5.55. The molecule has 0 aliphatic carbocycles. The molecule has 0 saturated carbocycles. The number of nitrogens with zero attached hydrogens (tertiary/aromatic N) is 1. The van der Waals surface area contributed by atoms with Crippen LogP contribution in [0.1, 0.15) is 17.6 Å². The fourth-order valence-corrected chi connectivity index (χ4v) is 2.65. The number of amides is 2. The molecule has 3 rings (SSSR count). The number of halogens is 1. The number of carbonyl (C=O) groups is 1. The molecular formula is C18H21FN2O4. The van der Waals surface area contributed by atoms with E-state index in [1.54, 1.807) is 29.2 Å². The lowest BCUT2D eigenvalue weighted by atomic mass is 10.2. The summed E-state index contributed by atoms with van der Waals surface area (Å²) < 4.78 is 28.7. The van der Waals surface area contributed by atoms with Crippen LogP contribution >= 0.6 is 0 Å². The molecule has 0 radical (unpaired) electrons. The van der Waals surface area contributed by atoms with Crippen molar-refractivity contribution in [1.82, 2.24) is 4.90 Å². The predicted octanol–water partition coefficient (Wildman–Crippen LogP) is 3.54. The lowest BCUT2D eigenvalue weighted by Crippen LogP contribution is -2.44. The van der Waals surface area contributed by atoms with E-state index in [4.69, 9.17) is 13.9 Å². The summed E-state index contributed by atoms with van der Waals surface area (Å²) in [5.74, 6) is 2.04. The van der Waals surface area contributed by atoms with Crippen molar-refractivity contribution in [2.75, 3.05) is 38.3 Å². The van der Waals surface area contributed by atoms with Crippen molar-refractivity contribution in [3.63, 3.8) is 0 Å². The van der Waals surface area contributed by atoms with Crippen molar-refractivity contribution in [3.05, 3.63) is 47.9 Å². The van der Waals surface area contributed by atoms with Gasteiger partial charge in [-0.1, -0.05) is 6.07 Å². The fourth-order valence-electron chi connectivity index (χ4n) is 2.65. The molecule has 0 unspecified atom stereocenters. The second-order valence-corrected chi connectivity index (χ2v) is 5.75. The van der Waals surface area contributed by atoms with Crippen LogP contribution in [-0.2, 0) is 4.74 Å². The Bertz CT molecular complexity index is 719. The van der Waals surface area contributed by atoms with Gasteiger partial charge in [0.15, 0.2) is 0 Å². The van der Waals surface area contributed by atoms with Crippen molar-refractivity contribution in [2.45, 2.75) is 13.0 Å². The maximum absolute atomic E-state index is 12.5. The number of hydrogen-bond donors (Lipinski definition) is 1. The summed E-state index contributed by atoms with van der Waals surface area (Å²) in [4.78, 5) is 14.2. The van der Waals surface area contributed by atoms with Gasteiger partial charge in [-0.25, -0.2) is 9.18 Å². The van der Waals surface area contributed by atoms with Gasteiger partial charge >= 0.3 is 6.03 Å². The average Bonchev–Trinajstić information content (AvgIpc) is 3.07. The van der Waals surface area contributed by atoms with Gasteiger partial charge < -0.3 is 24.1 Å². The highest BCUT2D eigenvalue weighted by Gasteiger charge is 2.27. The molecule has 2 aromatic rings. The molecule has 1 atom stereocenters. The number of ether oxygens (including phenoxy) is 2. The Hall–Kier alpha value is -2.54. The van der Waals surface area contributed by atoms with Crippen molar-refractivity contribution in [3.8, 4) is 5.75 Å². The second-order valence-electron chi connectivity index (χ2n) is 5.75. The summed E-state index contributed by atoms with van der Waals surface area (Å²) in [6.07, 6.45) is -0.271. The van der Waals surface area contributed by atoms with Gasteiger partial charge in [-0.2, -0.15) is 0 Å². The average molecular weight is 348 g/mol. The molecule has 7 heteroatoms. The highest BCUT2D eigenvalue weighted by Crippen LogP contribution is 2.25. The highest BCUT2D eigenvalue weighted by molar-refractivity contribution is 5.89. The van der Waals surface area contributed by atoms with E-state index in [0.29, 0.717) is 31.1 Å². The highest BCUT2D eigenvalue weighted by atomic mass is 19.1. The number of benzene rings is 1. The van der Waals surface area contributed by atoms with Crippen LogP contribution in [0.25, 0.3) is 0 Å². The van der Waals surface area contributed by atoms with Gasteiger partial charge in [0, 0.05) is 18.3 Å². The number of hydrogen-bond acceptors (Lipinski definition) is 4. The van der Waals surface area contributed by atoms with E-state index < -0.39 is 6.67 Å². The van der Waals surface area contributed by atoms with E-state index in [1.807, 2.05) is 19.1 Å². The van der Waals surface area contributed by atoms with E-state index in [9.17, 15) is 9.18 Å². The number of urea groups is 1. The molecule has 0 bridgehead atoms. The predicted molar refractivity (Wildman–Crippen MR) is 90.6 cm³/mol. The minimum absolute atomic E-state index is 0.00882. The number of aryl methyl sites for hydroxylation is 1. The van der Waals surface area contributed by atoms with Gasteiger partial charge in [-0.3, -0.25) is 0 Å². The number of alkyl halides is 1. The van der Waals surface area contributed by atoms with Crippen molar-refractivity contribution < 1.29 is 23.1 Å². The molecule has 1 N–H and O–H groups in total. The van der Waals surface area contributed by atoms with Gasteiger partial charge in [-0.05, 0) is 31.2 Å². The number of morpholine rings is 1. The molecule has 1 saturated heterocycles. The molecule has 0 spiro atoms. The summed E-state index contributed by atoms with van der Waals surface area (Å²) >= 11 is 0. The maximum Gasteiger partial charge on any atom is 0.322 e. The van der Waals surface area contributed by atoms with Crippen LogP contribution in [0.15, 0.2) is 40.8 Å². The Balaban J connectivity index is 1.61. The number of carbonyl (C=O) groups excluding carboxylic acids is 1. The number of rotatable bonds is 5. The quantitative estimate of drug-likeness (QED) is 0.898. The Morgan fingerprint density at radius 3 is 3.04 bits per heavy atom. The molecule has 1 aromatic carbocycles. The molecule has 1 fully saturated rings. The topological polar surface area (TPSA) is 63.9 Å². The lowest BCUT2D eigenvalue weighted by molar-refractivity contribution is -0.0246. The van der Waals surface area contributed by atoms with Crippen molar-refractivity contribution in [1.29, 1.82) is 0 Å². The molecule has 134 valence electrons. The number of nitrogens with one attached hydrogen (secondary N) is 1. The zero-order valence-electron chi connectivity index (χ0n) is 14.0. The number of anilines is 1.